The second-order valence-corrected chi connectivity index (χ2v) is 18.7. The zero-order valence-corrected chi connectivity index (χ0v) is 37.7. The molecular weight excluding hydrogens is 767 g/mol. The van der Waals surface area contributed by atoms with E-state index in [-0.39, 0.29) is 16.6 Å². The number of aryl methyl sites for hydroxylation is 2. The molecule has 0 saturated carbocycles. The van der Waals surface area contributed by atoms with Gasteiger partial charge in [0.25, 0.3) is 0 Å². The Kier molecular flexibility index (Phi) is 10.7. The third kappa shape index (κ3) is 7.98. The largest absolute Gasteiger partial charge is 0.507 e. The Balaban J connectivity index is 1.25. The van der Waals surface area contributed by atoms with Crippen LogP contribution in [0.3, 0.4) is 0 Å². The van der Waals surface area contributed by atoms with Crippen LogP contribution in [0.1, 0.15) is 70.2 Å². The monoisotopic (exact) mass is 821 g/mol. The summed E-state index contributed by atoms with van der Waals surface area (Å²) >= 11 is 0. The Morgan fingerprint density at radius 2 is 1.17 bits per heavy atom. The van der Waals surface area contributed by atoms with E-state index < -0.39 is 0 Å². The first-order valence-corrected chi connectivity index (χ1v) is 22.1. The minimum absolute atomic E-state index is 0.0157. The van der Waals surface area contributed by atoms with E-state index in [4.69, 9.17) is 9.97 Å². The van der Waals surface area contributed by atoms with Gasteiger partial charge in [-0.15, -0.1) is 0 Å². The molecule has 0 bridgehead atoms. The van der Waals surface area contributed by atoms with Gasteiger partial charge >= 0.3 is 0 Å². The Morgan fingerprint density at radius 1 is 0.524 bits per heavy atom. The highest BCUT2D eigenvalue weighted by Gasteiger charge is 2.26. The molecule has 2 aromatic heterocycles. The van der Waals surface area contributed by atoms with Gasteiger partial charge in [-0.1, -0.05) is 157 Å². The van der Waals surface area contributed by atoms with Gasteiger partial charge in [-0.05, 0) is 135 Å². The zero-order chi connectivity index (χ0) is 44.0. The minimum Gasteiger partial charge on any atom is -0.507 e. The minimum atomic E-state index is -0.141. The smallest absolute Gasteiger partial charge is 0.149 e. The quantitative estimate of drug-likeness (QED) is 0.158. The summed E-state index contributed by atoms with van der Waals surface area (Å²) in [4.78, 5) is 10.5. The van der Waals surface area contributed by atoms with Gasteiger partial charge in [0, 0.05) is 22.9 Å². The highest BCUT2D eigenvalue weighted by atomic mass is 16.3. The predicted molar refractivity (Wildman–Crippen MR) is 265 cm³/mol. The van der Waals surface area contributed by atoms with Crippen molar-refractivity contribution in [1.82, 2.24) is 14.5 Å². The van der Waals surface area contributed by atoms with Crippen LogP contribution >= 0.6 is 0 Å². The average Bonchev–Trinajstić information content (AvgIpc) is 3.69. The molecule has 0 aliphatic rings. The number of imidazole rings is 1. The average molecular weight is 822 g/mol. The second-order valence-electron chi connectivity index (χ2n) is 18.7. The highest BCUT2D eigenvalue weighted by Crippen LogP contribution is 2.43. The maximum atomic E-state index is 11.8. The van der Waals surface area contributed by atoms with E-state index in [0.717, 1.165) is 78.9 Å². The van der Waals surface area contributed by atoms with Crippen LogP contribution in [-0.4, -0.2) is 19.6 Å². The maximum absolute atomic E-state index is 11.8. The molecule has 0 aliphatic heterocycles. The van der Waals surface area contributed by atoms with Crippen molar-refractivity contribution in [3.63, 3.8) is 0 Å². The fourth-order valence-electron chi connectivity index (χ4n) is 8.71. The lowest BCUT2D eigenvalue weighted by molar-refractivity contribution is 0.472. The number of benzene rings is 7. The van der Waals surface area contributed by atoms with Crippen molar-refractivity contribution < 1.29 is 5.11 Å². The van der Waals surface area contributed by atoms with Crippen LogP contribution in [0.4, 0.5) is 0 Å². The van der Waals surface area contributed by atoms with Crippen LogP contribution in [0, 0.1) is 13.8 Å². The lowest BCUT2D eigenvalue weighted by Crippen LogP contribution is -2.16. The molecule has 0 saturated heterocycles. The molecule has 9 rings (SSSR count). The number of hydrogen-bond donors (Lipinski definition) is 1. The Morgan fingerprint density at radius 3 is 1.86 bits per heavy atom. The summed E-state index contributed by atoms with van der Waals surface area (Å²) in [5.41, 5.74) is 18.7. The molecule has 0 aliphatic carbocycles. The van der Waals surface area contributed by atoms with Crippen molar-refractivity contribution in [1.29, 1.82) is 0 Å². The fourth-order valence-corrected chi connectivity index (χ4v) is 8.71. The third-order valence-corrected chi connectivity index (χ3v) is 12.8. The summed E-state index contributed by atoms with van der Waals surface area (Å²) in [5, 5.41) is 11.8. The van der Waals surface area contributed by atoms with Gasteiger partial charge < -0.3 is 5.11 Å². The fraction of sp³-hybridized carbons (Fsp3) is 0.186. The van der Waals surface area contributed by atoms with Crippen molar-refractivity contribution in [2.75, 3.05) is 0 Å². The number of phenols is 1. The molecule has 2 heterocycles. The SMILES string of the molecule is CCC(C)(C)c1ccc(-n2c(-c3cc(C)cc(C)c3O)nc3c(-c4cc(-c5cc(-c6ccc(-c7ccccc7)cc6)ccn5)cc(C(C)(C)C)c4)cccc32)c(-c2ccccc2)c1. The number of fused-ring (bicyclic) bond motifs is 1. The molecule has 0 unspecified atom stereocenters. The van der Waals surface area contributed by atoms with Crippen LogP contribution in [-0.2, 0) is 10.8 Å². The molecule has 0 atom stereocenters. The van der Waals surface area contributed by atoms with E-state index in [1.54, 1.807) is 0 Å². The van der Waals surface area contributed by atoms with Gasteiger partial charge in [0.15, 0.2) is 0 Å². The zero-order valence-electron chi connectivity index (χ0n) is 37.7. The van der Waals surface area contributed by atoms with Crippen LogP contribution in [0.2, 0.25) is 0 Å². The van der Waals surface area contributed by atoms with E-state index in [1.807, 2.05) is 25.3 Å². The van der Waals surface area contributed by atoms with Crippen molar-refractivity contribution in [2.45, 2.75) is 72.6 Å². The number of para-hydroxylation sites is 1. The van der Waals surface area contributed by atoms with E-state index >= 15 is 0 Å². The summed E-state index contributed by atoms with van der Waals surface area (Å²) in [6.07, 6.45) is 2.93. The molecule has 312 valence electrons. The van der Waals surface area contributed by atoms with Gasteiger partial charge in [0.05, 0.1) is 28.0 Å². The van der Waals surface area contributed by atoms with Gasteiger partial charge in [0.1, 0.15) is 11.6 Å². The normalized spacial score (nSPS) is 11.9. The van der Waals surface area contributed by atoms with E-state index in [1.165, 1.54) is 22.3 Å². The summed E-state index contributed by atoms with van der Waals surface area (Å²) in [6, 6.07) is 58.5. The summed E-state index contributed by atoms with van der Waals surface area (Å²) in [7, 11) is 0. The number of aromatic nitrogens is 3. The van der Waals surface area contributed by atoms with Gasteiger partial charge in [-0.3, -0.25) is 9.55 Å². The summed E-state index contributed by atoms with van der Waals surface area (Å²) < 4.78 is 2.26. The van der Waals surface area contributed by atoms with Crippen LogP contribution < -0.4 is 0 Å². The second kappa shape index (κ2) is 16.3. The number of aromatic hydroxyl groups is 1. The molecular formula is C59H55N3O. The molecule has 0 radical (unpaired) electrons. The van der Waals surface area contributed by atoms with Crippen molar-refractivity contribution in [3.8, 4) is 78.6 Å². The van der Waals surface area contributed by atoms with Gasteiger partial charge in [0.2, 0.25) is 0 Å². The van der Waals surface area contributed by atoms with Crippen molar-refractivity contribution in [3.05, 3.63) is 192 Å². The third-order valence-electron chi connectivity index (χ3n) is 12.8. The van der Waals surface area contributed by atoms with Crippen LogP contribution in [0.5, 0.6) is 5.75 Å². The summed E-state index contributed by atoms with van der Waals surface area (Å²) in [5.74, 6) is 0.933. The Hall–Kier alpha value is -7.04. The Labute approximate surface area is 372 Å². The van der Waals surface area contributed by atoms with Gasteiger partial charge in [-0.25, -0.2) is 4.98 Å². The Bertz CT molecular complexity index is 3110. The maximum Gasteiger partial charge on any atom is 0.149 e. The van der Waals surface area contributed by atoms with E-state index in [2.05, 4.69) is 205 Å². The lowest BCUT2D eigenvalue weighted by atomic mass is 9.81. The topological polar surface area (TPSA) is 50.9 Å². The first-order chi connectivity index (χ1) is 30.3. The molecule has 0 spiro atoms. The molecule has 4 nitrogen and oxygen atoms in total. The lowest BCUT2D eigenvalue weighted by Gasteiger charge is -2.26. The van der Waals surface area contributed by atoms with E-state index in [9.17, 15) is 5.11 Å². The number of hydrogen-bond acceptors (Lipinski definition) is 3. The molecule has 63 heavy (non-hydrogen) atoms. The predicted octanol–water partition coefficient (Wildman–Crippen LogP) is 15.7. The standard InChI is InChI=1S/C59H55N3O/c1-9-59(7,8)47-27-28-53(50(37-47)43-19-14-11-15-20-43)62-54-22-16-21-49(55(54)61-57(62)51-32-38(2)31-39(3)56(51)63)45-33-46(35-48(34-45)58(4,5)6)52-36-44(29-30-60-52)42-25-23-41(24-26-42)40-17-12-10-13-18-40/h10-37,63H,9H2,1-8H3. The number of nitrogens with zero attached hydrogens (tertiary/aromatic N) is 3. The van der Waals surface area contributed by atoms with Crippen molar-refractivity contribution >= 4 is 11.0 Å². The molecule has 9 aromatic rings. The van der Waals surface area contributed by atoms with Gasteiger partial charge in [-0.2, -0.15) is 0 Å². The first kappa shape index (κ1) is 41.3. The molecule has 0 fully saturated rings. The van der Waals surface area contributed by atoms with Crippen LogP contribution in [0.15, 0.2) is 170 Å². The number of phenolic OH excluding ortho intramolecular Hbond substituents is 1. The van der Waals surface area contributed by atoms with Crippen molar-refractivity contribution in [2.24, 2.45) is 0 Å². The number of pyridine rings is 1. The number of rotatable bonds is 9. The first-order valence-electron chi connectivity index (χ1n) is 22.1. The highest BCUT2D eigenvalue weighted by molar-refractivity contribution is 5.98. The summed E-state index contributed by atoms with van der Waals surface area (Å²) in [6.45, 7) is 17.7. The van der Waals surface area contributed by atoms with Crippen LogP contribution in [0.25, 0.3) is 83.9 Å². The molecule has 7 aromatic carbocycles. The molecule has 1 N–H and O–H groups in total. The molecule has 4 heteroatoms. The van der Waals surface area contributed by atoms with E-state index in [0.29, 0.717) is 11.4 Å². The molecule has 0 amide bonds.